The number of methoxy groups -OCH3 is 2. The smallest absolute Gasteiger partial charge is 0.411 e. The number of nitrogens with zero attached hydrogens (tertiary/aromatic N) is 2. The zero-order valence-electron chi connectivity index (χ0n) is 17.8. The van der Waals surface area contributed by atoms with Gasteiger partial charge in [0.05, 0.1) is 20.3 Å². The van der Waals surface area contributed by atoms with Crippen molar-refractivity contribution in [1.29, 1.82) is 0 Å². The third kappa shape index (κ3) is 6.02. The average Bonchev–Trinajstić information content (AvgIpc) is 3.27. The van der Waals surface area contributed by atoms with Gasteiger partial charge in [-0.1, -0.05) is 0 Å². The summed E-state index contributed by atoms with van der Waals surface area (Å²) in [5.74, 6) is -0.767. The summed E-state index contributed by atoms with van der Waals surface area (Å²) in [6, 6.07) is -1.75. The van der Waals surface area contributed by atoms with E-state index in [1.165, 1.54) is 14.2 Å². The Hall–Kier alpha value is -1.94. The number of likely N-dealkylation sites (tertiary alicyclic amines) is 1. The second kappa shape index (κ2) is 9.71. The van der Waals surface area contributed by atoms with Gasteiger partial charge >= 0.3 is 12.1 Å². The van der Waals surface area contributed by atoms with Gasteiger partial charge in [0.2, 0.25) is 5.91 Å². The van der Waals surface area contributed by atoms with Gasteiger partial charge in [-0.3, -0.25) is 14.5 Å². The molecule has 1 N–H and O–H groups in total. The Labute approximate surface area is 170 Å². The number of ether oxygens (including phenoxy) is 3. The standard InChI is InChI=1S/C19H32FN3O6/c1-19(2,3)29-18(26)23-11-12(20)8-15(23)16(24)22(6-7-27-4)13-9-14(21-10-13)17(25)28-5/h12-15,21H,6-11H2,1-5H3/t12-,13+,14+,15-/m0/s1. The summed E-state index contributed by atoms with van der Waals surface area (Å²) in [6.07, 6.45) is -1.72. The van der Waals surface area contributed by atoms with E-state index in [9.17, 15) is 18.8 Å². The first-order valence-electron chi connectivity index (χ1n) is 9.81. The topological polar surface area (TPSA) is 97.4 Å². The maximum Gasteiger partial charge on any atom is 0.411 e. The monoisotopic (exact) mass is 417 g/mol. The van der Waals surface area contributed by atoms with Gasteiger partial charge in [0, 0.05) is 32.7 Å². The summed E-state index contributed by atoms with van der Waals surface area (Å²) in [5, 5.41) is 3.05. The number of hydrogen-bond donors (Lipinski definition) is 1. The molecule has 2 rings (SSSR count). The summed E-state index contributed by atoms with van der Waals surface area (Å²) in [7, 11) is 2.83. The molecule has 0 aromatic rings. The van der Waals surface area contributed by atoms with Crippen LogP contribution in [0, 0.1) is 0 Å². The molecule has 166 valence electrons. The lowest BCUT2D eigenvalue weighted by molar-refractivity contribution is -0.143. The van der Waals surface area contributed by atoms with E-state index in [0.717, 1.165) is 4.90 Å². The Kier molecular flexibility index (Phi) is 7.81. The SMILES string of the molecule is COCCN(C(=O)[C@@H]1C[C@H](F)CN1C(=O)OC(C)(C)C)[C@H]1CN[C@@H](C(=O)OC)C1. The Bertz CT molecular complexity index is 611. The minimum absolute atomic E-state index is 0.0812. The fraction of sp³-hybridized carbons (Fsp3) is 0.842. The molecule has 0 aromatic heterocycles. The number of nitrogens with one attached hydrogen (secondary N) is 1. The van der Waals surface area contributed by atoms with Crippen LogP contribution >= 0.6 is 0 Å². The van der Waals surface area contributed by atoms with Crippen molar-refractivity contribution in [2.45, 2.75) is 63.5 Å². The second-order valence-corrected chi connectivity index (χ2v) is 8.38. The normalized spacial score (nSPS) is 27.0. The van der Waals surface area contributed by atoms with E-state index in [0.29, 0.717) is 13.0 Å². The van der Waals surface area contributed by atoms with E-state index in [-0.39, 0.29) is 38.1 Å². The first kappa shape index (κ1) is 23.3. The number of halogens is 1. The molecule has 0 unspecified atom stereocenters. The molecule has 0 spiro atoms. The molecular weight excluding hydrogens is 385 g/mol. The summed E-state index contributed by atoms with van der Waals surface area (Å²) in [5.41, 5.74) is -0.752. The average molecular weight is 417 g/mol. The molecule has 4 atom stereocenters. The fourth-order valence-corrected chi connectivity index (χ4v) is 3.67. The Morgan fingerprint density at radius 3 is 2.48 bits per heavy atom. The van der Waals surface area contributed by atoms with Gasteiger partial charge in [-0.25, -0.2) is 9.18 Å². The zero-order valence-corrected chi connectivity index (χ0v) is 17.8. The number of alkyl halides is 1. The van der Waals surface area contributed by atoms with Crippen molar-refractivity contribution >= 4 is 18.0 Å². The predicted octanol–water partition coefficient (Wildman–Crippen LogP) is 0.712. The van der Waals surface area contributed by atoms with Crippen LogP contribution in [0.25, 0.3) is 0 Å². The minimum atomic E-state index is -1.30. The fourth-order valence-electron chi connectivity index (χ4n) is 3.67. The van der Waals surface area contributed by atoms with Gasteiger partial charge in [-0.05, 0) is 27.2 Å². The highest BCUT2D eigenvalue weighted by Gasteiger charge is 2.45. The van der Waals surface area contributed by atoms with Crippen LogP contribution in [-0.4, -0.2) is 98.1 Å². The summed E-state index contributed by atoms with van der Waals surface area (Å²) in [6.45, 7) is 5.91. The minimum Gasteiger partial charge on any atom is -0.468 e. The molecule has 10 heteroatoms. The molecule has 29 heavy (non-hydrogen) atoms. The van der Waals surface area contributed by atoms with Crippen LogP contribution in [0.15, 0.2) is 0 Å². The van der Waals surface area contributed by atoms with Gasteiger partial charge in [0.15, 0.2) is 0 Å². The molecule has 9 nitrogen and oxygen atoms in total. The van der Waals surface area contributed by atoms with E-state index in [4.69, 9.17) is 14.2 Å². The van der Waals surface area contributed by atoms with E-state index in [1.807, 2.05) is 0 Å². The summed E-state index contributed by atoms with van der Waals surface area (Å²) < 4.78 is 29.4. The summed E-state index contributed by atoms with van der Waals surface area (Å²) >= 11 is 0. The van der Waals surface area contributed by atoms with Crippen LogP contribution in [0.1, 0.15) is 33.6 Å². The summed E-state index contributed by atoms with van der Waals surface area (Å²) in [4.78, 5) is 40.4. The van der Waals surface area contributed by atoms with E-state index < -0.39 is 35.9 Å². The van der Waals surface area contributed by atoms with Crippen molar-refractivity contribution in [2.75, 3.05) is 40.5 Å². The lowest BCUT2D eigenvalue weighted by Gasteiger charge is -2.34. The molecule has 0 aliphatic carbocycles. The third-order valence-corrected chi connectivity index (χ3v) is 5.02. The van der Waals surface area contributed by atoms with Crippen LogP contribution in [0.4, 0.5) is 9.18 Å². The lowest BCUT2D eigenvalue weighted by Crippen LogP contribution is -2.53. The Morgan fingerprint density at radius 1 is 1.21 bits per heavy atom. The highest BCUT2D eigenvalue weighted by molar-refractivity contribution is 5.87. The number of rotatable bonds is 6. The van der Waals surface area contributed by atoms with Crippen molar-refractivity contribution < 1.29 is 33.0 Å². The van der Waals surface area contributed by atoms with Crippen LogP contribution in [0.2, 0.25) is 0 Å². The molecule has 0 radical (unpaired) electrons. The van der Waals surface area contributed by atoms with Crippen molar-refractivity contribution in [2.24, 2.45) is 0 Å². The quantitative estimate of drug-likeness (QED) is 0.636. The van der Waals surface area contributed by atoms with Crippen molar-refractivity contribution in [3.05, 3.63) is 0 Å². The molecule has 0 aromatic carbocycles. The number of amides is 2. The van der Waals surface area contributed by atoms with Gasteiger partial charge < -0.3 is 24.4 Å². The number of carbonyl (C=O) groups is 3. The van der Waals surface area contributed by atoms with Crippen molar-refractivity contribution in [1.82, 2.24) is 15.1 Å². The third-order valence-electron chi connectivity index (χ3n) is 5.02. The predicted molar refractivity (Wildman–Crippen MR) is 102 cm³/mol. The van der Waals surface area contributed by atoms with Gasteiger partial charge in [0.1, 0.15) is 23.9 Å². The molecular formula is C19H32FN3O6. The van der Waals surface area contributed by atoms with Gasteiger partial charge in [-0.2, -0.15) is 0 Å². The molecule has 2 aliphatic rings. The van der Waals surface area contributed by atoms with Crippen LogP contribution in [0.5, 0.6) is 0 Å². The maximum atomic E-state index is 14.2. The molecule has 2 aliphatic heterocycles. The van der Waals surface area contributed by atoms with E-state index in [2.05, 4.69) is 5.32 Å². The van der Waals surface area contributed by atoms with E-state index in [1.54, 1.807) is 25.7 Å². The molecule has 2 heterocycles. The van der Waals surface area contributed by atoms with Crippen LogP contribution in [0.3, 0.4) is 0 Å². The van der Waals surface area contributed by atoms with Gasteiger partial charge in [0.25, 0.3) is 0 Å². The molecule has 2 amide bonds. The van der Waals surface area contributed by atoms with Crippen LogP contribution in [-0.2, 0) is 23.8 Å². The second-order valence-electron chi connectivity index (χ2n) is 8.38. The Morgan fingerprint density at radius 2 is 1.90 bits per heavy atom. The van der Waals surface area contributed by atoms with E-state index >= 15 is 0 Å². The van der Waals surface area contributed by atoms with Crippen LogP contribution < -0.4 is 5.32 Å². The Balaban J connectivity index is 2.16. The van der Waals surface area contributed by atoms with Crippen molar-refractivity contribution in [3.8, 4) is 0 Å². The zero-order chi connectivity index (χ0) is 21.8. The molecule has 0 bridgehead atoms. The first-order valence-corrected chi connectivity index (χ1v) is 9.81. The molecule has 2 fully saturated rings. The van der Waals surface area contributed by atoms with Gasteiger partial charge in [-0.15, -0.1) is 0 Å². The number of hydrogen-bond acceptors (Lipinski definition) is 7. The highest BCUT2D eigenvalue weighted by Crippen LogP contribution is 2.26. The number of carbonyl (C=O) groups excluding carboxylic acids is 3. The highest BCUT2D eigenvalue weighted by atomic mass is 19.1. The maximum absolute atomic E-state index is 14.2. The largest absolute Gasteiger partial charge is 0.468 e. The first-order chi connectivity index (χ1) is 13.6. The molecule has 0 saturated carbocycles. The molecule has 2 saturated heterocycles. The van der Waals surface area contributed by atoms with Crippen molar-refractivity contribution in [3.63, 3.8) is 0 Å². The number of esters is 1. The lowest BCUT2D eigenvalue weighted by atomic mass is 10.1.